The molecule has 1 aromatic rings. The van der Waals surface area contributed by atoms with E-state index in [0.29, 0.717) is 18.5 Å². The fraction of sp³-hybridized carbons (Fsp3) is 0.500. The molecule has 2 N–H and O–H groups in total. The number of unbranched alkanes of at least 4 members (excludes halogenated alkanes) is 3. The maximum absolute atomic E-state index is 13.0. The summed E-state index contributed by atoms with van der Waals surface area (Å²) in [7, 11) is 0. The lowest BCUT2D eigenvalue weighted by atomic mass is 10.1. The molecule has 5 heteroatoms. The first kappa shape index (κ1) is 17.6. The van der Waals surface area contributed by atoms with Crippen molar-refractivity contribution in [2.75, 3.05) is 13.2 Å². The monoisotopic (exact) mass is 301 g/mol. The number of allylic oxidation sites excluding steroid dienone is 1. The number of ether oxygens (including phenoxy) is 1. The van der Waals surface area contributed by atoms with Crippen LogP contribution in [0.5, 0.6) is 5.75 Å². The summed E-state index contributed by atoms with van der Waals surface area (Å²) < 4.78 is 44.4. The molecule has 0 amide bonds. The zero-order chi connectivity index (χ0) is 15.7. The van der Waals surface area contributed by atoms with Crippen molar-refractivity contribution in [3.63, 3.8) is 0 Å². The van der Waals surface area contributed by atoms with Gasteiger partial charge >= 0.3 is 6.18 Å². The normalized spacial score (nSPS) is 11.4. The number of halogens is 3. The summed E-state index contributed by atoms with van der Waals surface area (Å²) in [6, 6.07) is 4.15. The molecule has 0 saturated heterocycles. The van der Waals surface area contributed by atoms with Crippen molar-refractivity contribution in [3.8, 4) is 5.75 Å². The lowest BCUT2D eigenvalue weighted by Crippen LogP contribution is -2.11. The lowest BCUT2D eigenvalue weighted by Gasteiger charge is -2.15. The molecular weight excluding hydrogens is 279 g/mol. The molecule has 21 heavy (non-hydrogen) atoms. The number of rotatable bonds is 9. The summed E-state index contributed by atoms with van der Waals surface area (Å²) in [5, 5.41) is 0. The molecule has 0 aliphatic rings. The van der Waals surface area contributed by atoms with Crippen molar-refractivity contribution < 1.29 is 17.9 Å². The Balaban J connectivity index is 2.65. The van der Waals surface area contributed by atoms with Gasteiger partial charge in [0.2, 0.25) is 0 Å². The zero-order valence-electron chi connectivity index (χ0n) is 12.1. The highest BCUT2D eigenvalue weighted by Gasteiger charge is 2.34. The summed E-state index contributed by atoms with van der Waals surface area (Å²) in [6.45, 7) is 4.23. The number of alkyl halides is 3. The van der Waals surface area contributed by atoms with Crippen LogP contribution in [0.3, 0.4) is 0 Å². The molecule has 2 nitrogen and oxygen atoms in total. The van der Waals surface area contributed by atoms with Crippen LogP contribution >= 0.6 is 0 Å². The molecule has 1 aromatic carbocycles. The highest BCUT2D eigenvalue weighted by atomic mass is 19.4. The van der Waals surface area contributed by atoms with E-state index in [1.165, 1.54) is 6.07 Å². The van der Waals surface area contributed by atoms with Gasteiger partial charge in [0.05, 0.1) is 12.2 Å². The predicted molar refractivity (Wildman–Crippen MR) is 78.4 cm³/mol. The van der Waals surface area contributed by atoms with Gasteiger partial charge < -0.3 is 10.5 Å². The summed E-state index contributed by atoms with van der Waals surface area (Å²) in [5.74, 6) is -0.105. The minimum atomic E-state index is -4.41. The van der Waals surface area contributed by atoms with Gasteiger partial charge in [0, 0.05) is 0 Å². The molecule has 0 fully saturated rings. The number of hydrogen-bond acceptors (Lipinski definition) is 2. The van der Waals surface area contributed by atoms with E-state index in [-0.39, 0.29) is 12.4 Å². The Kier molecular flexibility index (Phi) is 7.29. The SMILES string of the molecule is C=CCCCCCOc1ccc(CCN)cc1C(F)(F)F. The fourth-order valence-electron chi connectivity index (χ4n) is 2.00. The van der Waals surface area contributed by atoms with Gasteiger partial charge in [-0.3, -0.25) is 0 Å². The van der Waals surface area contributed by atoms with Gasteiger partial charge in [-0.1, -0.05) is 12.1 Å². The lowest BCUT2D eigenvalue weighted by molar-refractivity contribution is -0.139. The second-order valence-electron chi connectivity index (χ2n) is 4.85. The molecule has 0 aliphatic carbocycles. The van der Waals surface area contributed by atoms with Crippen molar-refractivity contribution in [3.05, 3.63) is 42.0 Å². The Morgan fingerprint density at radius 3 is 2.57 bits per heavy atom. The molecule has 0 atom stereocenters. The highest BCUT2D eigenvalue weighted by Crippen LogP contribution is 2.37. The van der Waals surface area contributed by atoms with E-state index in [9.17, 15) is 13.2 Å². The number of hydrogen-bond donors (Lipinski definition) is 1. The molecular formula is C16H22F3NO. The topological polar surface area (TPSA) is 35.2 Å². The van der Waals surface area contributed by atoms with Crippen LogP contribution in [0.1, 0.15) is 36.8 Å². The van der Waals surface area contributed by atoms with Crippen LogP contribution < -0.4 is 10.5 Å². The van der Waals surface area contributed by atoms with Crippen LogP contribution in [-0.4, -0.2) is 13.2 Å². The van der Waals surface area contributed by atoms with E-state index in [4.69, 9.17) is 10.5 Å². The van der Waals surface area contributed by atoms with Crippen molar-refractivity contribution in [2.45, 2.75) is 38.3 Å². The van der Waals surface area contributed by atoms with E-state index >= 15 is 0 Å². The number of nitrogens with two attached hydrogens (primary N) is 1. The van der Waals surface area contributed by atoms with E-state index in [1.807, 2.05) is 6.08 Å². The van der Waals surface area contributed by atoms with Gasteiger partial charge in [0.15, 0.2) is 0 Å². The Morgan fingerprint density at radius 1 is 1.19 bits per heavy atom. The summed E-state index contributed by atoms with van der Waals surface area (Å²) >= 11 is 0. The molecule has 1 rings (SSSR count). The summed E-state index contributed by atoms with van der Waals surface area (Å²) in [6.07, 6.45) is 1.39. The molecule has 0 saturated carbocycles. The van der Waals surface area contributed by atoms with Crippen LogP contribution in [0.4, 0.5) is 13.2 Å². The van der Waals surface area contributed by atoms with Crippen molar-refractivity contribution in [1.29, 1.82) is 0 Å². The van der Waals surface area contributed by atoms with Gasteiger partial charge in [-0.25, -0.2) is 0 Å². The quantitative estimate of drug-likeness (QED) is 0.544. The summed E-state index contributed by atoms with van der Waals surface area (Å²) in [5.41, 5.74) is 5.23. The second kappa shape index (κ2) is 8.72. The Hall–Kier alpha value is -1.49. The van der Waals surface area contributed by atoms with Gasteiger partial charge in [-0.2, -0.15) is 13.2 Å². The van der Waals surface area contributed by atoms with Crippen LogP contribution in [0.15, 0.2) is 30.9 Å². The van der Waals surface area contributed by atoms with E-state index in [0.717, 1.165) is 31.7 Å². The molecule has 0 bridgehead atoms. The van der Waals surface area contributed by atoms with E-state index in [2.05, 4.69) is 6.58 Å². The largest absolute Gasteiger partial charge is 0.493 e. The van der Waals surface area contributed by atoms with Crippen molar-refractivity contribution in [1.82, 2.24) is 0 Å². The minimum Gasteiger partial charge on any atom is -0.493 e. The molecule has 0 heterocycles. The third-order valence-corrected chi connectivity index (χ3v) is 3.09. The Bertz CT molecular complexity index is 444. The Morgan fingerprint density at radius 2 is 1.95 bits per heavy atom. The first-order chi connectivity index (χ1) is 9.99. The van der Waals surface area contributed by atoms with Crippen LogP contribution in [0, 0.1) is 0 Å². The molecule has 0 aliphatic heterocycles. The number of benzene rings is 1. The molecule has 0 unspecified atom stereocenters. The van der Waals surface area contributed by atoms with Crippen LogP contribution in [-0.2, 0) is 12.6 Å². The third-order valence-electron chi connectivity index (χ3n) is 3.09. The zero-order valence-corrected chi connectivity index (χ0v) is 12.1. The first-order valence-corrected chi connectivity index (χ1v) is 7.13. The van der Waals surface area contributed by atoms with Crippen LogP contribution in [0.25, 0.3) is 0 Å². The molecule has 0 radical (unpaired) electrons. The standard InChI is InChI=1S/C16H22F3NO/c1-2-3-4-5-6-11-21-15-8-7-13(9-10-20)12-14(15)16(17,18)19/h2,7-8,12H,1,3-6,9-11,20H2. The van der Waals surface area contributed by atoms with Crippen molar-refractivity contribution in [2.24, 2.45) is 5.73 Å². The molecule has 0 spiro atoms. The van der Waals surface area contributed by atoms with Crippen LogP contribution in [0.2, 0.25) is 0 Å². The van der Waals surface area contributed by atoms with Gasteiger partial charge in [-0.15, -0.1) is 6.58 Å². The smallest absolute Gasteiger partial charge is 0.419 e. The molecule has 0 aromatic heterocycles. The maximum atomic E-state index is 13.0. The minimum absolute atomic E-state index is 0.105. The second-order valence-corrected chi connectivity index (χ2v) is 4.85. The molecule has 118 valence electrons. The van der Waals surface area contributed by atoms with E-state index in [1.54, 1.807) is 6.07 Å². The van der Waals surface area contributed by atoms with Gasteiger partial charge in [0.25, 0.3) is 0 Å². The Labute approximate surface area is 123 Å². The average Bonchev–Trinajstić information content (AvgIpc) is 2.43. The predicted octanol–water partition coefficient (Wildman–Crippen LogP) is 4.33. The van der Waals surface area contributed by atoms with Gasteiger partial charge in [-0.05, 0) is 56.3 Å². The van der Waals surface area contributed by atoms with Crippen molar-refractivity contribution >= 4 is 0 Å². The van der Waals surface area contributed by atoms with Gasteiger partial charge in [0.1, 0.15) is 5.75 Å². The average molecular weight is 301 g/mol. The first-order valence-electron chi connectivity index (χ1n) is 7.13. The summed E-state index contributed by atoms with van der Waals surface area (Å²) in [4.78, 5) is 0. The van der Waals surface area contributed by atoms with E-state index < -0.39 is 11.7 Å². The fourth-order valence-corrected chi connectivity index (χ4v) is 2.00. The highest BCUT2D eigenvalue weighted by molar-refractivity contribution is 5.39. The third kappa shape index (κ3) is 6.21. The maximum Gasteiger partial charge on any atom is 0.419 e.